The van der Waals surface area contributed by atoms with Gasteiger partial charge in [-0.15, -0.1) is 0 Å². The van der Waals surface area contributed by atoms with Crippen LogP contribution in [0.5, 0.6) is 5.75 Å². The summed E-state index contributed by atoms with van der Waals surface area (Å²) in [7, 11) is -1.78. The predicted molar refractivity (Wildman–Crippen MR) is 70.2 cm³/mol. The van der Waals surface area contributed by atoms with Gasteiger partial charge in [0.1, 0.15) is 5.75 Å². The summed E-state index contributed by atoms with van der Waals surface area (Å²) in [6, 6.07) is 7.95. The maximum absolute atomic E-state index is 11.1. The van der Waals surface area contributed by atoms with E-state index in [-0.39, 0.29) is 4.90 Å². The molecule has 1 aromatic heterocycles. The second-order valence-electron chi connectivity index (χ2n) is 4.06. The average Bonchev–Trinajstić information content (AvgIpc) is 2.75. The number of aromatic nitrogens is 2. The van der Waals surface area contributed by atoms with Gasteiger partial charge in [0.15, 0.2) is 0 Å². The Hall–Kier alpha value is -1.86. The quantitative estimate of drug-likeness (QED) is 0.873. The molecule has 0 aliphatic carbocycles. The first-order valence-corrected chi connectivity index (χ1v) is 7.24. The molecule has 0 unspecified atom stereocenters. The van der Waals surface area contributed by atoms with Crippen LogP contribution < -0.4 is 9.88 Å². The average molecular weight is 281 g/mol. The summed E-state index contributed by atoms with van der Waals surface area (Å²) in [5, 5.41) is 9.07. The molecule has 0 amide bonds. The molecule has 1 aromatic carbocycles. The molecule has 2 rings (SSSR count). The van der Waals surface area contributed by atoms with Gasteiger partial charge in [-0.25, -0.2) is 13.6 Å². The molecule has 0 aliphatic heterocycles. The van der Waals surface area contributed by atoms with Gasteiger partial charge in [-0.3, -0.25) is 4.68 Å². The summed E-state index contributed by atoms with van der Waals surface area (Å²) in [4.78, 5) is 0.0754. The van der Waals surface area contributed by atoms with E-state index in [1.54, 1.807) is 23.0 Å². The largest absolute Gasteiger partial charge is 0.493 e. The minimum absolute atomic E-state index is 0.0754. The summed E-state index contributed by atoms with van der Waals surface area (Å²) >= 11 is 0. The predicted octanol–water partition coefficient (Wildman–Crippen LogP) is 0.689. The molecule has 0 atom stereocenters. The first-order valence-electron chi connectivity index (χ1n) is 5.69. The molecule has 7 heteroatoms. The summed E-state index contributed by atoms with van der Waals surface area (Å²) in [6.07, 6.45) is 2.46. The van der Waals surface area contributed by atoms with Crippen LogP contribution in [0, 0.1) is 0 Å². The number of rotatable bonds is 5. The third-order valence-electron chi connectivity index (χ3n) is 2.70. The molecule has 2 N–H and O–H groups in total. The highest BCUT2D eigenvalue weighted by molar-refractivity contribution is 7.89. The second kappa shape index (κ2) is 5.41. The van der Waals surface area contributed by atoms with Gasteiger partial charge in [-0.1, -0.05) is 0 Å². The third-order valence-corrected chi connectivity index (χ3v) is 3.63. The van der Waals surface area contributed by atoms with Crippen LogP contribution in [0.4, 0.5) is 0 Å². The lowest BCUT2D eigenvalue weighted by Gasteiger charge is -2.07. The Morgan fingerprint density at radius 1 is 1.26 bits per heavy atom. The molecule has 6 nitrogen and oxygen atoms in total. The molecule has 0 spiro atoms. The topological polar surface area (TPSA) is 87.2 Å². The van der Waals surface area contributed by atoms with E-state index < -0.39 is 10.0 Å². The molecule has 102 valence electrons. The molecule has 1 heterocycles. The van der Waals surface area contributed by atoms with Crippen LogP contribution >= 0.6 is 0 Å². The minimum Gasteiger partial charge on any atom is -0.493 e. The Kier molecular flexibility index (Phi) is 3.87. The minimum atomic E-state index is -3.65. The van der Waals surface area contributed by atoms with E-state index in [0.29, 0.717) is 12.4 Å². The standard InChI is InChI=1S/C12H15N3O3S/c1-15-10(6-8-14-15)7-9-18-11-2-4-12(5-3-11)19(13,16)17/h2-6,8H,7,9H2,1H3,(H2,13,16,17). The smallest absolute Gasteiger partial charge is 0.238 e. The molecule has 2 aromatic rings. The zero-order valence-corrected chi connectivity index (χ0v) is 11.3. The number of ether oxygens (including phenoxy) is 1. The molecule has 0 saturated carbocycles. The third kappa shape index (κ3) is 3.55. The van der Waals surface area contributed by atoms with Crippen molar-refractivity contribution in [3.63, 3.8) is 0 Å². The molecule has 19 heavy (non-hydrogen) atoms. The van der Waals surface area contributed by atoms with Gasteiger partial charge < -0.3 is 4.74 Å². The van der Waals surface area contributed by atoms with Crippen molar-refractivity contribution in [1.82, 2.24) is 9.78 Å². The number of sulfonamides is 1. The van der Waals surface area contributed by atoms with Gasteiger partial charge in [0.2, 0.25) is 10.0 Å². The van der Waals surface area contributed by atoms with Crippen molar-refractivity contribution in [2.45, 2.75) is 11.3 Å². The number of hydrogen-bond donors (Lipinski definition) is 1. The van der Waals surface area contributed by atoms with Crippen molar-refractivity contribution in [1.29, 1.82) is 0 Å². The first-order chi connectivity index (χ1) is 8.97. The van der Waals surface area contributed by atoms with Crippen molar-refractivity contribution in [3.8, 4) is 5.75 Å². The van der Waals surface area contributed by atoms with Gasteiger partial charge in [-0.05, 0) is 30.3 Å². The summed E-state index contributed by atoms with van der Waals surface area (Å²) in [5.41, 5.74) is 1.07. The Labute approximate surface area is 111 Å². The Morgan fingerprint density at radius 3 is 2.47 bits per heavy atom. The number of nitrogens with zero attached hydrogens (tertiary/aromatic N) is 2. The van der Waals surface area contributed by atoms with E-state index in [0.717, 1.165) is 12.1 Å². The van der Waals surface area contributed by atoms with Crippen LogP contribution in [0.3, 0.4) is 0 Å². The van der Waals surface area contributed by atoms with Crippen molar-refractivity contribution < 1.29 is 13.2 Å². The molecule has 0 fully saturated rings. The van der Waals surface area contributed by atoms with Crippen LogP contribution in [0.25, 0.3) is 0 Å². The Bertz CT molecular complexity index is 647. The first kappa shape index (κ1) is 13.6. The highest BCUT2D eigenvalue weighted by atomic mass is 32.2. The summed E-state index contributed by atoms with van der Waals surface area (Å²) < 4.78 is 29.5. The number of nitrogens with two attached hydrogens (primary N) is 1. The van der Waals surface area contributed by atoms with E-state index in [4.69, 9.17) is 9.88 Å². The molecular weight excluding hydrogens is 266 g/mol. The number of aryl methyl sites for hydroxylation is 1. The van der Waals surface area contributed by atoms with E-state index in [2.05, 4.69) is 5.10 Å². The zero-order valence-electron chi connectivity index (χ0n) is 10.5. The van der Waals surface area contributed by atoms with Crippen LogP contribution in [-0.4, -0.2) is 24.8 Å². The lowest BCUT2D eigenvalue weighted by Crippen LogP contribution is -2.12. The van der Waals surface area contributed by atoms with Crippen LogP contribution in [0.15, 0.2) is 41.4 Å². The van der Waals surface area contributed by atoms with Crippen molar-refractivity contribution >= 4 is 10.0 Å². The SMILES string of the molecule is Cn1nccc1CCOc1ccc(S(N)(=O)=O)cc1. The van der Waals surface area contributed by atoms with E-state index in [1.165, 1.54) is 12.1 Å². The van der Waals surface area contributed by atoms with Crippen molar-refractivity contribution in [2.75, 3.05) is 6.61 Å². The van der Waals surface area contributed by atoms with Crippen LogP contribution in [-0.2, 0) is 23.5 Å². The van der Waals surface area contributed by atoms with E-state index in [1.807, 2.05) is 13.1 Å². The highest BCUT2D eigenvalue weighted by Crippen LogP contribution is 2.15. The second-order valence-corrected chi connectivity index (χ2v) is 5.62. The van der Waals surface area contributed by atoms with Gasteiger partial charge in [0.25, 0.3) is 0 Å². The fraction of sp³-hybridized carbons (Fsp3) is 0.250. The molecular formula is C12H15N3O3S. The van der Waals surface area contributed by atoms with Crippen LogP contribution in [0.2, 0.25) is 0 Å². The fourth-order valence-corrected chi connectivity index (χ4v) is 2.16. The monoisotopic (exact) mass is 281 g/mol. The van der Waals surface area contributed by atoms with Crippen molar-refractivity contribution in [2.24, 2.45) is 12.2 Å². The maximum Gasteiger partial charge on any atom is 0.238 e. The van der Waals surface area contributed by atoms with Crippen molar-refractivity contribution in [3.05, 3.63) is 42.2 Å². The van der Waals surface area contributed by atoms with Gasteiger partial charge >= 0.3 is 0 Å². The fourth-order valence-electron chi connectivity index (χ4n) is 1.65. The molecule has 0 aliphatic rings. The van der Waals surface area contributed by atoms with Crippen LogP contribution in [0.1, 0.15) is 5.69 Å². The Morgan fingerprint density at radius 2 is 1.95 bits per heavy atom. The molecule has 0 radical (unpaired) electrons. The number of primary sulfonamides is 1. The lowest BCUT2D eigenvalue weighted by atomic mass is 10.3. The van der Waals surface area contributed by atoms with Gasteiger partial charge in [0, 0.05) is 25.4 Å². The summed E-state index contributed by atoms with van der Waals surface area (Å²) in [6.45, 7) is 0.494. The number of benzene rings is 1. The van der Waals surface area contributed by atoms with E-state index >= 15 is 0 Å². The lowest BCUT2D eigenvalue weighted by molar-refractivity contribution is 0.318. The number of hydrogen-bond acceptors (Lipinski definition) is 4. The van der Waals surface area contributed by atoms with E-state index in [9.17, 15) is 8.42 Å². The normalized spacial score (nSPS) is 11.5. The van der Waals surface area contributed by atoms with Gasteiger partial charge in [-0.2, -0.15) is 5.10 Å². The molecule has 0 saturated heterocycles. The maximum atomic E-state index is 11.1. The highest BCUT2D eigenvalue weighted by Gasteiger charge is 2.07. The summed E-state index contributed by atoms with van der Waals surface area (Å²) in [5.74, 6) is 0.606. The Balaban J connectivity index is 1.92. The zero-order chi connectivity index (χ0) is 13.9. The molecule has 0 bridgehead atoms. The van der Waals surface area contributed by atoms with Gasteiger partial charge in [0.05, 0.1) is 11.5 Å².